The number of carbonyl (C=O) groups excluding carboxylic acids is 2. The van der Waals surface area contributed by atoms with Crippen molar-refractivity contribution in [1.82, 2.24) is 15.1 Å². The second kappa shape index (κ2) is 10.4. The smallest absolute Gasteiger partial charge is 0.258 e. The fourth-order valence-electron chi connectivity index (χ4n) is 4.79. The van der Waals surface area contributed by atoms with Crippen LogP contribution in [0.4, 0.5) is 0 Å². The summed E-state index contributed by atoms with van der Waals surface area (Å²) in [6, 6.07) is 14.9. The molecule has 2 aromatic carbocycles. The summed E-state index contributed by atoms with van der Waals surface area (Å²) in [5.74, 6) is 0.141. The van der Waals surface area contributed by atoms with Gasteiger partial charge in [0.15, 0.2) is 0 Å². The molecule has 0 radical (unpaired) electrons. The highest BCUT2D eigenvalue weighted by Crippen LogP contribution is 2.28. The van der Waals surface area contributed by atoms with Crippen molar-refractivity contribution in [3.63, 3.8) is 0 Å². The van der Waals surface area contributed by atoms with E-state index in [9.17, 15) is 9.59 Å². The van der Waals surface area contributed by atoms with E-state index >= 15 is 0 Å². The normalized spacial score (nSPS) is 19.7. The van der Waals surface area contributed by atoms with E-state index in [1.54, 1.807) is 23.1 Å². The lowest BCUT2D eigenvalue weighted by atomic mass is 10.1. The minimum absolute atomic E-state index is 0.100. The minimum atomic E-state index is -0.485. The predicted molar refractivity (Wildman–Crippen MR) is 125 cm³/mol. The van der Waals surface area contributed by atoms with E-state index < -0.39 is 6.04 Å². The van der Waals surface area contributed by atoms with Gasteiger partial charge in [-0.25, -0.2) is 0 Å². The van der Waals surface area contributed by atoms with Crippen molar-refractivity contribution in [1.29, 1.82) is 0 Å². The zero-order valence-corrected chi connectivity index (χ0v) is 19.2. The summed E-state index contributed by atoms with van der Waals surface area (Å²) in [6.45, 7) is 3.15. The Kier molecular flexibility index (Phi) is 7.33. The van der Waals surface area contributed by atoms with E-state index in [0.29, 0.717) is 35.8 Å². The van der Waals surface area contributed by atoms with Gasteiger partial charge in [0.25, 0.3) is 5.91 Å². The van der Waals surface area contributed by atoms with Crippen LogP contribution in [0, 0.1) is 0 Å². The number of ether oxygens (including phenoxy) is 1. The van der Waals surface area contributed by atoms with Gasteiger partial charge >= 0.3 is 0 Å². The van der Waals surface area contributed by atoms with Gasteiger partial charge in [-0.2, -0.15) is 0 Å². The predicted octanol–water partition coefficient (Wildman–Crippen LogP) is 3.91. The third-order valence-corrected chi connectivity index (χ3v) is 6.68. The van der Waals surface area contributed by atoms with Gasteiger partial charge in [-0.15, -0.1) is 0 Å². The van der Waals surface area contributed by atoms with E-state index in [0.717, 1.165) is 19.5 Å². The fourth-order valence-corrected chi connectivity index (χ4v) is 4.96. The lowest BCUT2D eigenvalue weighted by Crippen LogP contribution is -2.48. The molecule has 0 aliphatic carbocycles. The van der Waals surface area contributed by atoms with Gasteiger partial charge < -0.3 is 15.0 Å². The molecule has 170 valence electrons. The van der Waals surface area contributed by atoms with Crippen LogP contribution in [0.1, 0.15) is 47.6 Å². The van der Waals surface area contributed by atoms with Gasteiger partial charge in [0.2, 0.25) is 5.91 Å². The summed E-state index contributed by atoms with van der Waals surface area (Å²) < 4.78 is 5.35. The van der Waals surface area contributed by atoms with Gasteiger partial charge in [0.05, 0.1) is 18.7 Å². The average Bonchev–Trinajstić information content (AvgIpc) is 3.52. The van der Waals surface area contributed by atoms with Crippen LogP contribution in [0.25, 0.3) is 0 Å². The number of methoxy groups -OCH3 is 1. The van der Waals surface area contributed by atoms with E-state index in [1.165, 1.54) is 25.5 Å². The maximum Gasteiger partial charge on any atom is 0.258 e. The van der Waals surface area contributed by atoms with Gasteiger partial charge in [-0.3, -0.25) is 14.5 Å². The summed E-state index contributed by atoms with van der Waals surface area (Å²) >= 11 is 6.12. The molecule has 0 spiro atoms. The second-order valence-electron chi connectivity index (χ2n) is 8.42. The molecule has 2 fully saturated rings. The first-order chi connectivity index (χ1) is 15.6. The molecule has 0 saturated carbocycles. The monoisotopic (exact) mass is 455 g/mol. The summed E-state index contributed by atoms with van der Waals surface area (Å²) in [7, 11) is 1.52. The van der Waals surface area contributed by atoms with E-state index in [-0.39, 0.29) is 17.9 Å². The van der Waals surface area contributed by atoms with E-state index in [4.69, 9.17) is 16.3 Å². The topological polar surface area (TPSA) is 61.9 Å². The van der Waals surface area contributed by atoms with Crippen LogP contribution >= 0.6 is 11.6 Å². The molecule has 2 amide bonds. The number of amides is 2. The van der Waals surface area contributed by atoms with Crippen LogP contribution in [0.3, 0.4) is 0 Å². The summed E-state index contributed by atoms with van der Waals surface area (Å²) in [6.07, 6.45) is 3.81. The quantitative estimate of drug-likeness (QED) is 0.687. The van der Waals surface area contributed by atoms with Crippen LogP contribution in [0.5, 0.6) is 5.75 Å². The lowest BCUT2D eigenvalue weighted by Gasteiger charge is -2.30. The molecule has 2 aliphatic rings. The first-order valence-electron chi connectivity index (χ1n) is 11.3. The van der Waals surface area contributed by atoms with Crippen LogP contribution in [-0.4, -0.2) is 60.9 Å². The van der Waals surface area contributed by atoms with Gasteiger partial charge in [0.1, 0.15) is 11.8 Å². The van der Waals surface area contributed by atoms with Crippen molar-refractivity contribution >= 4 is 23.4 Å². The second-order valence-corrected chi connectivity index (χ2v) is 8.85. The number of nitrogens with zero attached hydrogens (tertiary/aromatic N) is 2. The maximum absolute atomic E-state index is 13.3. The van der Waals surface area contributed by atoms with Crippen LogP contribution in [-0.2, 0) is 4.79 Å². The van der Waals surface area contributed by atoms with Crippen molar-refractivity contribution in [2.24, 2.45) is 0 Å². The molecule has 7 heteroatoms. The Labute approximate surface area is 194 Å². The zero-order valence-electron chi connectivity index (χ0n) is 18.4. The minimum Gasteiger partial charge on any atom is -0.496 e. The van der Waals surface area contributed by atoms with E-state index in [2.05, 4.69) is 22.3 Å². The van der Waals surface area contributed by atoms with Crippen molar-refractivity contribution in [2.75, 3.05) is 33.3 Å². The zero-order chi connectivity index (χ0) is 22.5. The number of carbonyl (C=O) groups is 2. The molecular formula is C25H30ClN3O3. The SMILES string of the molecule is COc1ccc(Cl)cc1C(=O)N1CCC[C@H]1C(=O)NC[C@H](c1ccccc1)N1CCCC1. The third-order valence-electron chi connectivity index (χ3n) is 6.44. The van der Waals surface area contributed by atoms with Crippen molar-refractivity contribution in [3.05, 3.63) is 64.7 Å². The summed E-state index contributed by atoms with van der Waals surface area (Å²) in [5.41, 5.74) is 1.59. The first kappa shape index (κ1) is 22.6. The molecule has 0 aromatic heterocycles. The summed E-state index contributed by atoms with van der Waals surface area (Å²) in [5, 5.41) is 3.61. The Hall–Kier alpha value is -2.57. The number of likely N-dealkylation sites (tertiary alicyclic amines) is 2. The number of rotatable bonds is 7. The molecule has 1 N–H and O–H groups in total. The van der Waals surface area contributed by atoms with Crippen LogP contribution < -0.4 is 10.1 Å². The first-order valence-corrected chi connectivity index (χ1v) is 11.7. The number of benzene rings is 2. The largest absolute Gasteiger partial charge is 0.496 e. The molecule has 2 heterocycles. The van der Waals surface area contributed by atoms with Gasteiger partial charge in [-0.1, -0.05) is 41.9 Å². The van der Waals surface area contributed by atoms with Crippen LogP contribution in [0.2, 0.25) is 5.02 Å². The summed E-state index contributed by atoms with van der Waals surface area (Å²) in [4.78, 5) is 30.5. The maximum atomic E-state index is 13.3. The molecule has 2 saturated heterocycles. The molecule has 6 nitrogen and oxygen atoms in total. The highest BCUT2D eigenvalue weighted by molar-refractivity contribution is 6.31. The highest BCUT2D eigenvalue weighted by atomic mass is 35.5. The lowest BCUT2D eigenvalue weighted by molar-refractivity contribution is -0.125. The van der Waals surface area contributed by atoms with Gasteiger partial charge in [0, 0.05) is 18.1 Å². The Balaban J connectivity index is 1.46. The molecule has 2 aliphatic heterocycles. The molecule has 32 heavy (non-hydrogen) atoms. The van der Waals surface area contributed by atoms with Crippen molar-refractivity contribution in [2.45, 2.75) is 37.8 Å². The number of hydrogen-bond donors (Lipinski definition) is 1. The molecular weight excluding hydrogens is 426 g/mol. The highest BCUT2D eigenvalue weighted by Gasteiger charge is 2.36. The standard InChI is InChI=1S/C25H30ClN3O3/c1-32-23-12-11-19(26)16-20(23)25(31)29-15-7-10-21(29)24(30)27-17-22(28-13-5-6-14-28)18-8-3-2-4-9-18/h2-4,8-9,11-12,16,21-22H,5-7,10,13-15,17H2,1H3,(H,27,30)/t21-,22+/m0/s1. The van der Waals surface area contributed by atoms with Crippen molar-refractivity contribution in [3.8, 4) is 5.75 Å². The fraction of sp³-hybridized carbons (Fsp3) is 0.440. The molecule has 0 bridgehead atoms. The molecule has 2 aromatic rings. The Morgan fingerprint density at radius 1 is 1.09 bits per heavy atom. The Morgan fingerprint density at radius 3 is 2.56 bits per heavy atom. The molecule has 0 unspecified atom stereocenters. The van der Waals surface area contributed by atoms with Crippen molar-refractivity contribution < 1.29 is 14.3 Å². The Morgan fingerprint density at radius 2 is 1.84 bits per heavy atom. The molecule has 2 atom stereocenters. The van der Waals surface area contributed by atoms with E-state index in [1.807, 2.05) is 18.2 Å². The average molecular weight is 456 g/mol. The number of nitrogens with one attached hydrogen (secondary N) is 1. The molecule has 4 rings (SSSR count). The Bertz CT molecular complexity index is 947. The van der Waals surface area contributed by atoms with Crippen LogP contribution in [0.15, 0.2) is 48.5 Å². The third kappa shape index (κ3) is 4.92. The number of halogens is 1. The van der Waals surface area contributed by atoms with Gasteiger partial charge in [-0.05, 0) is 62.5 Å². The number of hydrogen-bond acceptors (Lipinski definition) is 4.